The van der Waals surface area contributed by atoms with Crippen LogP contribution in [0.3, 0.4) is 0 Å². The lowest BCUT2D eigenvalue weighted by Crippen LogP contribution is -2.26. The molecule has 1 aromatic rings. The number of carbonyl (C=O) groups is 2. The Kier molecular flexibility index (Phi) is 5.29. The van der Waals surface area contributed by atoms with Crippen LogP contribution >= 0.6 is 0 Å². The molecular weight excluding hydrogens is 266 g/mol. The maximum Gasteiger partial charge on any atom is 0.292 e. The molecule has 1 N–H and O–H groups in total. The van der Waals surface area contributed by atoms with E-state index in [1.807, 2.05) is 33.8 Å². The monoisotopic (exact) mass is 290 g/mol. The average molecular weight is 290 g/mol. The van der Waals surface area contributed by atoms with E-state index < -0.39 is 17.4 Å². The Bertz CT molecular complexity index is 559. The third kappa shape index (κ3) is 4.39. The van der Waals surface area contributed by atoms with Gasteiger partial charge in [-0.2, -0.15) is 0 Å². The van der Waals surface area contributed by atoms with Gasteiger partial charge in [0.25, 0.3) is 5.97 Å². The van der Waals surface area contributed by atoms with E-state index in [0.717, 1.165) is 16.7 Å². The highest BCUT2D eigenvalue weighted by molar-refractivity contribution is 5.80. The van der Waals surface area contributed by atoms with Gasteiger partial charge in [-0.1, -0.05) is 26.8 Å². The fourth-order valence-electron chi connectivity index (χ4n) is 2.78. The minimum Gasteiger partial charge on any atom is -0.666 e. The summed E-state index contributed by atoms with van der Waals surface area (Å²) in [5.41, 5.74) is 9.85. The lowest BCUT2D eigenvalue weighted by Gasteiger charge is -2.29. The van der Waals surface area contributed by atoms with Gasteiger partial charge >= 0.3 is 0 Å². The standard InChI is InChI=1S/C17H24NO3/c1-10-7-11(2)15(17(5,6)9-12(3)19)14(8-10)21-16(20)13(4)18/h7-8,13,18H,9H2,1-6H3/q-1. The molecule has 4 nitrogen and oxygen atoms in total. The van der Waals surface area contributed by atoms with Gasteiger partial charge in [-0.3, -0.25) is 9.59 Å². The van der Waals surface area contributed by atoms with Gasteiger partial charge < -0.3 is 10.5 Å². The minimum absolute atomic E-state index is 0.0890. The second-order valence-electron chi connectivity index (χ2n) is 6.36. The molecule has 0 aliphatic carbocycles. The van der Waals surface area contributed by atoms with E-state index in [1.54, 1.807) is 13.0 Å². The third-order valence-corrected chi connectivity index (χ3v) is 3.38. The van der Waals surface area contributed by atoms with Crippen molar-refractivity contribution in [1.82, 2.24) is 0 Å². The van der Waals surface area contributed by atoms with Crippen LogP contribution in [0.4, 0.5) is 0 Å². The van der Waals surface area contributed by atoms with Crippen LogP contribution in [0.15, 0.2) is 12.1 Å². The summed E-state index contributed by atoms with van der Waals surface area (Å²) in [5, 5.41) is 0. The van der Waals surface area contributed by atoms with Crippen LogP contribution in [0.2, 0.25) is 0 Å². The summed E-state index contributed by atoms with van der Waals surface area (Å²) in [6.45, 7) is 10.8. The highest BCUT2D eigenvalue weighted by Gasteiger charge is 2.29. The summed E-state index contributed by atoms with van der Waals surface area (Å²) < 4.78 is 5.40. The molecule has 0 bridgehead atoms. The summed E-state index contributed by atoms with van der Waals surface area (Å²) in [6.07, 6.45) is 0.373. The number of nitrogens with one attached hydrogen (secondary N) is 1. The molecule has 0 aliphatic rings. The molecule has 0 aliphatic heterocycles. The molecule has 1 unspecified atom stereocenters. The number of hydrogen-bond acceptors (Lipinski definition) is 3. The van der Waals surface area contributed by atoms with E-state index in [-0.39, 0.29) is 5.78 Å². The molecule has 21 heavy (non-hydrogen) atoms. The average Bonchev–Trinajstić information content (AvgIpc) is 2.24. The summed E-state index contributed by atoms with van der Waals surface area (Å²) in [5.74, 6) is -0.0335. The number of aryl methyl sites for hydroxylation is 2. The van der Waals surface area contributed by atoms with Crippen LogP contribution in [-0.2, 0) is 15.0 Å². The first-order valence-corrected chi connectivity index (χ1v) is 7.08. The highest BCUT2D eigenvalue weighted by atomic mass is 16.5. The zero-order valence-electron chi connectivity index (χ0n) is 13.7. The number of ether oxygens (including phenoxy) is 1. The number of Topliss-reactive ketones (excluding diaryl/α,β-unsaturated/α-hetero) is 1. The SMILES string of the molecule is CC(=O)CC(C)(C)c1c(C)cc(C)cc1OC(=O)C(C)[NH-]. The fraction of sp³-hybridized carbons (Fsp3) is 0.529. The Morgan fingerprint density at radius 3 is 2.33 bits per heavy atom. The Balaban J connectivity index is 3.35. The fourth-order valence-corrected chi connectivity index (χ4v) is 2.78. The molecule has 1 atom stereocenters. The number of esters is 1. The molecule has 0 fully saturated rings. The van der Waals surface area contributed by atoms with Gasteiger partial charge in [-0.25, -0.2) is 0 Å². The van der Waals surface area contributed by atoms with Gasteiger partial charge in [0.1, 0.15) is 11.5 Å². The highest BCUT2D eigenvalue weighted by Crippen LogP contribution is 2.38. The number of rotatable bonds is 5. The molecule has 0 heterocycles. The van der Waals surface area contributed by atoms with Crippen LogP contribution in [0, 0.1) is 13.8 Å². The van der Waals surface area contributed by atoms with Crippen molar-refractivity contribution in [2.45, 2.75) is 59.4 Å². The summed E-state index contributed by atoms with van der Waals surface area (Å²) in [6, 6.07) is 2.87. The van der Waals surface area contributed by atoms with Crippen LogP contribution in [0.1, 0.15) is 50.8 Å². The van der Waals surface area contributed by atoms with Crippen molar-refractivity contribution >= 4 is 11.8 Å². The molecule has 116 valence electrons. The maximum absolute atomic E-state index is 11.8. The van der Waals surface area contributed by atoms with Crippen molar-refractivity contribution in [3.05, 3.63) is 34.6 Å². The van der Waals surface area contributed by atoms with Crippen LogP contribution in [0.25, 0.3) is 5.73 Å². The van der Waals surface area contributed by atoms with Gasteiger partial charge in [0.2, 0.25) is 0 Å². The Labute approximate surface area is 126 Å². The molecule has 0 spiro atoms. The molecule has 1 aromatic carbocycles. The predicted octanol–water partition coefficient (Wildman–Crippen LogP) is 3.91. The topological polar surface area (TPSA) is 67.2 Å². The number of hydrogen-bond donors (Lipinski definition) is 0. The smallest absolute Gasteiger partial charge is 0.292 e. The molecule has 0 amide bonds. The van der Waals surface area contributed by atoms with E-state index in [4.69, 9.17) is 10.5 Å². The first kappa shape index (κ1) is 17.4. The first-order valence-electron chi connectivity index (χ1n) is 7.08. The van der Waals surface area contributed by atoms with Crippen molar-refractivity contribution in [1.29, 1.82) is 0 Å². The Morgan fingerprint density at radius 2 is 1.86 bits per heavy atom. The first-order chi connectivity index (χ1) is 9.54. The molecular formula is C17H24NO3-. The maximum atomic E-state index is 11.8. The number of benzene rings is 1. The molecule has 0 radical (unpaired) electrons. The second-order valence-corrected chi connectivity index (χ2v) is 6.36. The van der Waals surface area contributed by atoms with E-state index in [2.05, 4.69) is 0 Å². The van der Waals surface area contributed by atoms with Crippen LogP contribution < -0.4 is 4.74 Å². The van der Waals surface area contributed by atoms with Crippen molar-refractivity contribution in [3.63, 3.8) is 0 Å². The molecule has 0 saturated carbocycles. The van der Waals surface area contributed by atoms with E-state index in [0.29, 0.717) is 12.2 Å². The van der Waals surface area contributed by atoms with Crippen molar-refractivity contribution in [3.8, 4) is 5.75 Å². The van der Waals surface area contributed by atoms with Crippen molar-refractivity contribution < 1.29 is 14.3 Å². The molecule has 4 heteroatoms. The lowest BCUT2D eigenvalue weighted by molar-refractivity contribution is -0.134. The largest absolute Gasteiger partial charge is 0.666 e. The Hall–Kier alpha value is -1.68. The van der Waals surface area contributed by atoms with Crippen molar-refractivity contribution in [2.75, 3.05) is 0 Å². The van der Waals surface area contributed by atoms with E-state index >= 15 is 0 Å². The summed E-state index contributed by atoms with van der Waals surface area (Å²) >= 11 is 0. The van der Waals surface area contributed by atoms with E-state index in [1.165, 1.54) is 6.92 Å². The van der Waals surface area contributed by atoms with Gasteiger partial charge in [0.05, 0.1) is 0 Å². The quantitative estimate of drug-likeness (QED) is 0.610. The van der Waals surface area contributed by atoms with Gasteiger partial charge in [0, 0.05) is 17.4 Å². The minimum atomic E-state index is -0.936. The zero-order chi connectivity index (χ0) is 16.4. The van der Waals surface area contributed by atoms with Gasteiger partial charge in [-0.05, 0) is 44.0 Å². The second kappa shape index (κ2) is 6.39. The Morgan fingerprint density at radius 1 is 1.29 bits per heavy atom. The molecule has 0 saturated heterocycles. The van der Waals surface area contributed by atoms with Gasteiger partial charge in [0.15, 0.2) is 0 Å². The zero-order valence-corrected chi connectivity index (χ0v) is 13.7. The number of ketones is 1. The normalized spacial score (nSPS) is 12.9. The summed E-state index contributed by atoms with van der Waals surface area (Å²) in [7, 11) is 0. The van der Waals surface area contributed by atoms with E-state index in [9.17, 15) is 9.59 Å². The lowest BCUT2D eigenvalue weighted by atomic mass is 9.77. The predicted molar refractivity (Wildman–Crippen MR) is 83.7 cm³/mol. The van der Waals surface area contributed by atoms with Crippen LogP contribution in [0.5, 0.6) is 5.75 Å². The molecule has 0 aromatic heterocycles. The van der Waals surface area contributed by atoms with Crippen molar-refractivity contribution in [2.24, 2.45) is 0 Å². The van der Waals surface area contributed by atoms with Gasteiger partial charge in [-0.15, -0.1) is 0 Å². The third-order valence-electron chi connectivity index (χ3n) is 3.38. The summed E-state index contributed by atoms with van der Waals surface area (Å²) in [4.78, 5) is 23.3. The van der Waals surface area contributed by atoms with Crippen LogP contribution in [-0.4, -0.2) is 17.8 Å². The molecule has 1 rings (SSSR count). The number of carbonyl (C=O) groups excluding carboxylic acids is 2.